The molecule has 0 unspecified atom stereocenters. The first kappa shape index (κ1) is 22.1. The lowest BCUT2D eigenvalue weighted by Crippen LogP contribution is -2.44. The number of nitrogens with zero attached hydrogens (tertiary/aromatic N) is 1. The van der Waals surface area contributed by atoms with Gasteiger partial charge in [0.2, 0.25) is 0 Å². The minimum Gasteiger partial charge on any atom is -0.414 e. The summed E-state index contributed by atoms with van der Waals surface area (Å²) in [6.45, 7) is 11.4. The number of hydrogen-bond acceptors (Lipinski definition) is 6. The van der Waals surface area contributed by atoms with Gasteiger partial charge in [0.15, 0.2) is 8.32 Å². The van der Waals surface area contributed by atoms with Crippen LogP contribution >= 0.6 is 34.6 Å². The van der Waals surface area contributed by atoms with Crippen LogP contribution in [-0.4, -0.2) is 42.9 Å². The third-order valence-corrected chi connectivity index (χ3v) is 10.8. The highest BCUT2D eigenvalue weighted by atomic mass is 127. The molecule has 3 atom stereocenters. The summed E-state index contributed by atoms with van der Waals surface area (Å²) in [5.41, 5.74) is -0.867. The van der Waals surface area contributed by atoms with Crippen molar-refractivity contribution in [3.8, 4) is 0 Å². The summed E-state index contributed by atoms with van der Waals surface area (Å²) in [6, 6.07) is 0. The van der Waals surface area contributed by atoms with E-state index in [1.54, 1.807) is 0 Å². The lowest BCUT2D eigenvalue weighted by Gasteiger charge is -2.37. The highest BCUT2D eigenvalue weighted by molar-refractivity contribution is 14.1. The van der Waals surface area contributed by atoms with Gasteiger partial charge in [-0.15, -0.1) is 0 Å². The molecule has 7 nitrogen and oxygen atoms in total. The second kappa shape index (κ2) is 8.48. The Morgan fingerprint density at radius 2 is 2.08 bits per heavy atom. The van der Waals surface area contributed by atoms with Gasteiger partial charge >= 0.3 is 5.69 Å². The van der Waals surface area contributed by atoms with E-state index in [9.17, 15) is 9.59 Å². The van der Waals surface area contributed by atoms with Crippen molar-refractivity contribution in [1.82, 2.24) is 9.55 Å². The Labute approximate surface area is 172 Å². The summed E-state index contributed by atoms with van der Waals surface area (Å²) in [5.74, 6) is 0. The van der Waals surface area contributed by atoms with E-state index in [-0.39, 0.29) is 22.8 Å². The summed E-state index contributed by atoms with van der Waals surface area (Å²) in [6.07, 6.45) is 2.97. The second-order valence-electron chi connectivity index (χ2n) is 7.88. The van der Waals surface area contributed by atoms with Gasteiger partial charge in [0.05, 0.1) is 10.2 Å². The van der Waals surface area contributed by atoms with E-state index in [4.69, 9.17) is 13.3 Å². The van der Waals surface area contributed by atoms with Crippen molar-refractivity contribution in [2.24, 2.45) is 0 Å². The summed E-state index contributed by atoms with van der Waals surface area (Å²) in [5, 5.41) is 0.104. The lowest BCUT2D eigenvalue weighted by atomic mass is 10.2. The first-order valence-corrected chi connectivity index (χ1v) is 13.6. The van der Waals surface area contributed by atoms with Crippen molar-refractivity contribution in [3.05, 3.63) is 30.6 Å². The lowest BCUT2D eigenvalue weighted by molar-refractivity contribution is -0.0374. The van der Waals surface area contributed by atoms with Crippen LogP contribution in [-0.2, 0) is 13.3 Å². The molecule has 2 heterocycles. The fourth-order valence-electron chi connectivity index (χ4n) is 2.43. The molecule has 148 valence electrons. The molecule has 10 heteroatoms. The van der Waals surface area contributed by atoms with E-state index >= 15 is 0 Å². The maximum absolute atomic E-state index is 12.2. The van der Waals surface area contributed by atoms with Crippen LogP contribution in [0.5, 0.6) is 0 Å². The molecule has 0 bridgehead atoms. The Morgan fingerprint density at radius 3 is 2.65 bits per heavy atom. The van der Waals surface area contributed by atoms with Gasteiger partial charge in [-0.1, -0.05) is 20.8 Å². The highest BCUT2D eigenvalue weighted by Crippen LogP contribution is 2.38. The first-order valence-electron chi connectivity index (χ1n) is 8.46. The van der Waals surface area contributed by atoms with Crippen molar-refractivity contribution in [2.75, 3.05) is 12.9 Å². The van der Waals surface area contributed by atoms with Crippen LogP contribution < -0.4 is 11.2 Å². The Balaban J connectivity index is 2.17. The average Bonchev–Trinajstić information content (AvgIpc) is 2.91. The molecular formula is C16H27IN2O5SSi. The molecule has 1 aromatic rings. The molecule has 0 radical (unpaired) electrons. The summed E-state index contributed by atoms with van der Waals surface area (Å²) >= 11 is 3.18. The molecule has 0 aliphatic carbocycles. The van der Waals surface area contributed by atoms with E-state index in [1.807, 2.05) is 28.8 Å². The zero-order valence-corrected chi connectivity index (χ0v) is 20.0. The summed E-state index contributed by atoms with van der Waals surface area (Å²) in [7, 11) is -1.91. The fraction of sp³-hybridized carbons (Fsp3) is 0.750. The number of halogens is 1. The summed E-state index contributed by atoms with van der Waals surface area (Å²) in [4.78, 5) is 26.1. The number of hydrogen-bond donors (Lipinski definition) is 1. The number of H-pyrrole nitrogens is 1. The highest BCUT2D eigenvalue weighted by Gasteiger charge is 2.42. The monoisotopic (exact) mass is 514 g/mol. The Morgan fingerprint density at radius 1 is 1.42 bits per heavy atom. The first-order chi connectivity index (χ1) is 12.0. The molecule has 1 saturated heterocycles. The van der Waals surface area contributed by atoms with Crippen LogP contribution in [0.25, 0.3) is 0 Å². The van der Waals surface area contributed by atoms with Crippen LogP contribution in [0, 0.1) is 3.57 Å². The molecule has 2 rings (SSSR count). The minimum atomic E-state index is -1.91. The Hall–Kier alpha value is -0.143. The number of aromatic amines is 1. The molecule has 1 N–H and O–H groups in total. The maximum Gasteiger partial charge on any atom is 0.330 e. The smallest absolute Gasteiger partial charge is 0.330 e. The third kappa shape index (κ3) is 5.01. The fourth-order valence-corrected chi connectivity index (χ4v) is 4.33. The quantitative estimate of drug-likeness (QED) is 0.357. The van der Waals surface area contributed by atoms with Crippen molar-refractivity contribution in [3.63, 3.8) is 0 Å². The minimum absolute atomic E-state index is 0.104. The van der Waals surface area contributed by atoms with Gasteiger partial charge in [-0.05, 0) is 52.8 Å². The molecule has 1 aliphatic heterocycles. The summed E-state index contributed by atoms with van der Waals surface area (Å²) < 4.78 is 20.0. The molecule has 0 saturated carbocycles. The largest absolute Gasteiger partial charge is 0.414 e. The molecule has 1 aliphatic rings. The van der Waals surface area contributed by atoms with Gasteiger partial charge in [0, 0.05) is 18.9 Å². The normalized spacial score (nSPS) is 24.2. The van der Waals surface area contributed by atoms with Gasteiger partial charge in [-0.25, -0.2) is 4.79 Å². The standard InChI is InChI=1S/C16H27IN2O5SSi/c1-16(2,3)26(5,6)22-9-12-11(24-25-4)7-13(23-12)19-8-10(17)14(20)18-15(19)21/h8,11-13H,7,9H2,1-6H3,(H,18,20,21)/t11-,12-,13-/m1/s1. The predicted molar refractivity (Wildman–Crippen MR) is 114 cm³/mol. The van der Waals surface area contributed by atoms with Gasteiger partial charge in [0.25, 0.3) is 5.56 Å². The van der Waals surface area contributed by atoms with E-state index in [0.717, 1.165) is 0 Å². The number of ether oxygens (including phenoxy) is 1. The van der Waals surface area contributed by atoms with Crippen molar-refractivity contribution in [1.29, 1.82) is 0 Å². The van der Waals surface area contributed by atoms with Gasteiger partial charge in [-0.3, -0.25) is 14.3 Å². The zero-order chi connectivity index (χ0) is 19.7. The van der Waals surface area contributed by atoms with Crippen molar-refractivity contribution in [2.45, 2.75) is 63.8 Å². The molecule has 1 fully saturated rings. The van der Waals surface area contributed by atoms with Crippen LogP contribution in [0.1, 0.15) is 33.4 Å². The molecular weight excluding hydrogens is 487 g/mol. The van der Waals surface area contributed by atoms with Gasteiger partial charge in [-0.2, -0.15) is 0 Å². The van der Waals surface area contributed by atoms with Crippen LogP contribution in [0.4, 0.5) is 0 Å². The predicted octanol–water partition coefficient (Wildman–Crippen LogP) is 3.11. The Bertz CT molecular complexity index is 745. The van der Waals surface area contributed by atoms with Crippen molar-refractivity contribution >= 4 is 43.0 Å². The molecule has 26 heavy (non-hydrogen) atoms. The SMILES string of the molecule is CSO[C@@H]1C[C@H](n2cc(I)c(=O)[nH]c2=O)O[C@@H]1CO[Si](C)(C)C(C)(C)C. The van der Waals surface area contributed by atoms with E-state index in [2.05, 4.69) is 38.8 Å². The van der Waals surface area contributed by atoms with E-state index in [1.165, 1.54) is 22.8 Å². The van der Waals surface area contributed by atoms with Crippen LogP contribution in [0.3, 0.4) is 0 Å². The number of nitrogens with one attached hydrogen (secondary N) is 1. The van der Waals surface area contributed by atoms with Crippen LogP contribution in [0.15, 0.2) is 15.8 Å². The topological polar surface area (TPSA) is 82.6 Å². The maximum atomic E-state index is 12.2. The Kier molecular flexibility index (Phi) is 7.22. The third-order valence-electron chi connectivity index (χ3n) is 5.05. The van der Waals surface area contributed by atoms with Gasteiger partial charge < -0.3 is 13.3 Å². The zero-order valence-electron chi connectivity index (χ0n) is 16.0. The second-order valence-corrected chi connectivity index (χ2v) is 14.4. The number of aromatic nitrogens is 2. The van der Waals surface area contributed by atoms with Gasteiger partial charge in [0.1, 0.15) is 18.4 Å². The van der Waals surface area contributed by atoms with E-state index in [0.29, 0.717) is 16.6 Å². The molecule has 1 aromatic heterocycles. The van der Waals surface area contributed by atoms with Crippen LogP contribution in [0.2, 0.25) is 18.1 Å². The molecule has 0 spiro atoms. The molecule has 0 aromatic carbocycles. The molecule has 0 amide bonds. The number of rotatable bonds is 6. The van der Waals surface area contributed by atoms with E-state index < -0.39 is 20.2 Å². The average molecular weight is 514 g/mol. The van der Waals surface area contributed by atoms with Crippen molar-refractivity contribution < 1.29 is 13.3 Å².